The summed E-state index contributed by atoms with van der Waals surface area (Å²) in [6.45, 7) is 2.13. The number of hydrogen-bond donors (Lipinski definition) is 2. The van der Waals surface area contributed by atoms with Gasteiger partial charge in [0.05, 0.1) is 18.3 Å². The van der Waals surface area contributed by atoms with Crippen molar-refractivity contribution >= 4 is 29.1 Å². The predicted molar refractivity (Wildman–Crippen MR) is 107 cm³/mol. The maximum Gasteiger partial charge on any atom is 0.326 e. The number of carboxylic acid groups (broad SMARTS) is 1. The third-order valence-electron chi connectivity index (χ3n) is 5.07. The molecule has 2 aromatic rings. The first-order chi connectivity index (χ1) is 13.9. The van der Waals surface area contributed by atoms with E-state index in [1.807, 2.05) is 5.38 Å². The van der Waals surface area contributed by atoms with Crippen LogP contribution in [0.2, 0.25) is 0 Å². The molecule has 0 radical (unpaired) electrons. The highest BCUT2D eigenvalue weighted by molar-refractivity contribution is 7.07. The Morgan fingerprint density at radius 2 is 2.21 bits per heavy atom. The molecular formula is C20H23N3O5S. The molecule has 2 heterocycles. The highest BCUT2D eigenvalue weighted by Crippen LogP contribution is 2.22. The van der Waals surface area contributed by atoms with Gasteiger partial charge in [0.15, 0.2) is 0 Å². The van der Waals surface area contributed by atoms with Gasteiger partial charge in [-0.1, -0.05) is 6.07 Å². The fourth-order valence-electron chi connectivity index (χ4n) is 3.55. The summed E-state index contributed by atoms with van der Waals surface area (Å²) in [6.07, 6.45) is 1.22. The van der Waals surface area contributed by atoms with E-state index in [1.165, 1.54) is 23.3 Å². The Morgan fingerprint density at radius 1 is 1.41 bits per heavy atom. The number of hydrogen-bond acceptors (Lipinski definition) is 6. The molecule has 1 saturated heterocycles. The van der Waals surface area contributed by atoms with Crippen molar-refractivity contribution in [3.8, 4) is 5.75 Å². The van der Waals surface area contributed by atoms with Crippen molar-refractivity contribution in [1.82, 2.24) is 15.2 Å². The molecule has 2 atom stereocenters. The summed E-state index contributed by atoms with van der Waals surface area (Å²) >= 11 is 1.39. The summed E-state index contributed by atoms with van der Waals surface area (Å²) < 4.78 is 5.27. The van der Waals surface area contributed by atoms with Crippen LogP contribution in [0.1, 0.15) is 34.5 Å². The number of nitrogens with one attached hydrogen (secondary N) is 1. The van der Waals surface area contributed by atoms with Gasteiger partial charge in [-0.15, -0.1) is 11.3 Å². The second-order valence-corrected chi connectivity index (χ2v) is 7.59. The first-order valence-corrected chi connectivity index (χ1v) is 10.2. The zero-order valence-electron chi connectivity index (χ0n) is 16.3. The second kappa shape index (κ2) is 9.04. The van der Waals surface area contributed by atoms with Crippen LogP contribution in [0.25, 0.3) is 0 Å². The Balaban J connectivity index is 1.85. The number of aromatic nitrogens is 1. The molecular weight excluding hydrogens is 394 g/mol. The van der Waals surface area contributed by atoms with E-state index in [9.17, 15) is 19.5 Å². The Kier molecular flexibility index (Phi) is 6.48. The fraction of sp³-hybridized carbons (Fsp3) is 0.400. The van der Waals surface area contributed by atoms with Crippen LogP contribution in [0.4, 0.5) is 0 Å². The van der Waals surface area contributed by atoms with Crippen LogP contribution in [0.15, 0.2) is 29.1 Å². The summed E-state index contributed by atoms with van der Waals surface area (Å²) in [4.78, 5) is 43.2. The van der Waals surface area contributed by atoms with Gasteiger partial charge in [-0.3, -0.25) is 9.59 Å². The quantitative estimate of drug-likeness (QED) is 0.712. The number of amides is 2. The lowest BCUT2D eigenvalue weighted by Crippen LogP contribution is -2.52. The van der Waals surface area contributed by atoms with Crippen LogP contribution in [-0.4, -0.2) is 58.5 Å². The number of carboxylic acids is 1. The maximum absolute atomic E-state index is 13.2. The Labute approximate surface area is 172 Å². The van der Waals surface area contributed by atoms with Gasteiger partial charge in [-0.05, 0) is 31.9 Å². The van der Waals surface area contributed by atoms with Gasteiger partial charge in [-0.2, -0.15) is 0 Å². The highest BCUT2D eigenvalue weighted by atomic mass is 32.1. The number of thiazole rings is 1. The summed E-state index contributed by atoms with van der Waals surface area (Å²) in [7, 11) is 1.53. The van der Waals surface area contributed by atoms with Gasteiger partial charge in [0.2, 0.25) is 5.91 Å². The molecule has 1 aromatic carbocycles. The van der Waals surface area contributed by atoms with E-state index in [2.05, 4.69) is 10.3 Å². The molecule has 154 valence electrons. The van der Waals surface area contributed by atoms with Gasteiger partial charge in [-0.25, -0.2) is 9.78 Å². The van der Waals surface area contributed by atoms with Crippen molar-refractivity contribution in [2.45, 2.75) is 38.3 Å². The Bertz CT molecular complexity index is 900. The predicted octanol–water partition coefficient (Wildman–Crippen LogP) is 1.88. The molecule has 3 rings (SSSR count). The third-order valence-corrected chi connectivity index (χ3v) is 5.71. The summed E-state index contributed by atoms with van der Waals surface area (Å²) in [5.41, 5.74) is 3.39. The monoisotopic (exact) mass is 417 g/mol. The number of carbonyl (C=O) groups is 3. The number of nitrogens with zero attached hydrogens (tertiary/aromatic N) is 2. The first kappa shape index (κ1) is 20.8. The van der Waals surface area contributed by atoms with E-state index in [0.29, 0.717) is 42.0 Å². The normalized spacial score (nSPS) is 17.0. The molecule has 0 unspecified atom stereocenters. The number of likely N-dealkylation sites (tertiary alicyclic amines) is 1. The van der Waals surface area contributed by atoms with Crippen LogP contribution < -0.4 is 10.1 Å². The van der Waals surface area contributed by atoms with Crippen LogP contribution in [0.3, 0.4) is 0 Å². The zero-order chi connectivity index (χ0) is 21.0. The lowest BCUT2D eigenvalue weighted by atomic mass is 10.0. The molecule has 1 aromatic heterocycles. The van der Waals surface area contributed by atoms with E-state index in [4.69, 9.17) is 4.74 Å². The zero-order valence-corrected chi connectivity index (χ0v) is 17.1. The van der Waals surface area contributed by atoms with Gasteiger partial charge in [0, 0.05) is 29.5 Å². The van der Waals surface area contributed by atoms with Crippen molar-refractivity contribution in [2.75, 3.05) is 13.7 Å². The molecule has 0 saturated carbocycles. The van der Waals surface area contributed by atoms with E-state index in [-0.39, 0.29) is 6.42 Å². The van der Waals surface area contributed by atoms with Crippen molar-refractivity contribution in [1.29, 1.82) is 0 Å². The van der Waals surface area contributed by atoms with Gasteiger partial charge in [0.1, 0.15) is 17.8 Å². The molecule has 2 N–H and O–H groups in total. The molecule has 9 heteroatoms. The highest BCUT2D eigenvalue weighted by Gasteiger charge is 2.38. The number of benzene rings is 1. The number of carbonyl (C=O) groups excluding carboxylic acids is 2. The molecule has 1 aliphatic rings. The maximum atomic E-state index is 13.2. The van der Waals surface area contributed by atoms with E-state index >= 15 is 0 Å². The average Bonchev–Trinajstić information content (AvgIpc) is 3.39. The number of methoxy groups -OCH3 is 1. The molecule has 1 fully saturated rings. The van der Waals surface area contributed by atoms with Gasteiger partial charge in [0.25, 0.3) is 5.91 Å². The van der Waals surface area contributed by atoms with E-state index in [1.54, 1.807) is 30.6 Å². The molecule has 29 heavy (non-hydrogen) atoms. The standard InChI is InChI=1S/C20H23N3O5S/c1-12-14(5-3-7-17(12)28-2)18(24)22-15(9-13-10-29-11-21-13)19(25)23-8-4-6-16(23)20(26)27/h3,5,7,10-11,15-16H,4,6,8-9H2,1-2H3,(H,22,24)(H,26,27)/t15-,16-/m0/s1. The van der Waals surface area contributed by atoms with Crippen LogP contribution >= 0.6 is 11.3 Å². The molecule has 8 nitrogen and oxygen atoms in total. The minimum Gasteiger partial charge on any atom is -0.496 e. The average molecular weight is 417 g/mol. The minimum atomic E-state index is -1.03. The molecule has 0 spiro atoms. The summed E-state index contributed by atoms with van der Waals surface area (Å²) in [5.74, 6) is -1.28. The van der Waals surface area contributed by atoms with Crippen molar-refractivity contribution in [2.24, 2.45) is 0 Å². The lowest BCUT2D eigenvalue weighted by molar-refractivity contribution is -0.148. The molecule has 1 aliphatic heterocycles. The number of ether oxygens (including phenoxy) is 1. The van der Waals surface area contributed by atoms with Gasteiger partial charge >= 0.3 is 5.97 Å². The van der Waals surface area contributed by atoms with Crippen molar-refractivity contribution in [3.63, 3.8) is 0 Å². The van der Waals surface area contributed by atoms with Gasteiger partial charge < -0.3 is 20.1 Å². The minimum absolute atomic E-state index is 0.194. The SMILES string of the molecule is COc1cccc(C(=O)N[C@@H](Cc2cscn2)C(=O)N2CCC[C@H]2C(=O)O)c1C. The number of rotatable bonds is 7. The lowest BCUT2D eigenvalue weighted by Gasteiger charge is -2.27. The van der Waals surface area contributed by atoms with E-state index in [0.717, 1.165) is 0 Å². The molecule has 0 aliphatic carbocycles. The topological polar surface area (TPSA) is 109 Å². The van der Waals surface area contributed by atoms with Crippen LogP contribution in [-0.2, 0) is 16.0 Å². The molecule has 2 amide bonds. The first-order valence-electron chi connectivity index (χ1n) is 9.27. The molecule has 0 bridgehead atoms. The summed E-state index contributed by atoms with van der Waals surface area (Å²) in [5, 5.41) is 14.0. The second-order valence-electron chi connectivity index (χ2n) is 6.87. The fourth-order valence-corrected chi connectivity index (χ4v) is 4.12. The largest absolute Gasteiger partial charge is 0.496 e. The smallest absolute Gasteiger partial charge is 0.326 e. The summed E-state index contributed by atoms with van der Waals surface area (Å²) in [6, 6.07) is 3.35. The Hall–Kier alpha value is -2.94. The Morgan fingerprint density at radius 3 is 2.86 bits per heavy atom. The van der Waals surface area contributed by atoms with Crippen LogP contribution in [0.5, 0.6) is 5.75 Å². The number of aliphatic carboxylic acids is 1. The van der Waals surface area contributed by atoms with Crippen molar-refractivity contribution < 1.29 is 24.2 Å². The third kappa shape index (κ3) is 4.56. The van der Waals surface area contributed by atoms with Crippen LogP contribution in [0, 0.1) is 6.92 Å². The van der Waals surface area contributed by atoms with Crippen molar-refractivity contribution in [3.05, 3.63) is 45.9 Å². The van der Waals surface area contributed by atoms with E-state index < -0.39 is 29.9 Å².